The van der Waals surface area contributed by atoms with Gasteiger partial charge < -0.3 is 10.5 Å². The summed E-state index contributed by atoms with van der Waals surface area (Å²) in [7, 11) is 0. The Morgan fingerprint density at radius 1 is 1.30 bits per heavy atom. The maximum absolute atomic E-state index is 14.0. The van der Waals surface area contributed by atoms with E-state index in [1.165, 1.54) is 6.20 Å². The number of morpholine rings is 1. The minimum Gasteiger partial charge on any atom is -0.379 e. The first-order chi connectivity index (χ1) is 9.74. The second-order valence-corrected chi connectivity index (χ2v) is 5.78. The molecule has 1 aromatic rings. The molecule has 2 heterocycles. The summed E-state index contributed by atoms with van der Waals surface area (Å²) < 4.78 is 19.5. The van der Waals surface area contributed by atoms with Crippen molar-refractivity contribution in [3.63, 3.8) is 0 Å². The smallest absolute Gasteiger partial charge is 0.146 e. The van der Waals surface area contributed by atoms with Gasteiger partial charge >= 0.3 is 0 Å². The van der Waals surface area contributed by atoms with Crippen LogP contribution in [0.2, 0.25) is 0 Å². The number of nitrogens with two attached hydrogens (primary N) is 1. The van der Waals surface area contributed by atoms with Crippen LogP contribution in [0.25, 0.3) is 0 Å². The number of rotatable bonds is 3. The van der Waals surface area contributed by atoms with Gasteiger partial charge in [0.2, 0.25) is 0 Å². The van der Waals surface area contributed by atoms with Gasteiger partial charge in [0.1, 0.15) is 5.82 Å². The molecule has 3 rings (SSSR count). The molecular weight excluding hydrogens is 257 g/mol. The summed E-state index contributed by atoms with van der Waals surface area (Å²) in [6.07, 6.45) is 7.29. The zero-order valence-electron chi connectivity index (χ0n) is 11.7. The predicted octanol–water partition coefficient (Wildman–Crippen LogP) is 1.87. The minimum atomic E-state index is -0.300. The lowest BCUT2D eigenvalue weighted by atomic mass is 9.82. The maximum Gasteiger partial charge on any atom is 0.146 e. The zero-order chi connectivity index (χ0) is 14.0. The molecule has 0 radical (unpaired) electrons. The van der Waals surface area contributed by atoms with Crippen molar-refractivity contribution < 1.29 is 9.13 Å². The van der Waals surface area contributed by atoms with Crippen LogP contribution in [-0.4, -0.2) is 41.7 Å². The fourth-order valence-electron chi connectivity index (χ4n) is 3.75. The topological polar surface area (TPSA) is 51.4 Å². The third-order valence-electron chi connectivity index (χ3n) is 4.83. The first kappa shape index (κ1) is 13.9. The molecule has 1 saturated carbocycles. The van der Waals surface area contributed by atoms with Gasteiger partial charge in [0.15, 0.2) is 0 Å². The monoisotopic (exact) mass is 279 g/mol. The lowest BCUT2D eigenvalue weighted by Crippen LogP contribution is -2.57. The van der Waals surface area contributed by atoms with Crippen molar-refractivity contribution in [2.45, 2.75) is 37.3 Å². The molecule has 2 fully saturated rings. The molecule has 5 heteroatoms. The quantitative estimate of drug-likeness (QED) is 0.917. The summed E-state index contributed by atoms with van der Waals surface area (Å²) in [4.78, 5) is 6.25. The van der Waals surface area contributed by atoms with Gasteiger partial charge in [0.25, 0.3) is 0 Å². The third kappa shape index (κ3) is 2.34. The van der Waals surface area contributed by atoms with E-state index in [1.54, 1.807) is 12.3 Å². The second kappa shape index (κ2) is 5.76. The Morgan fingerprint density at radius 3 is 2.65 bits per heavy atom. The van der Waals surface area contributed by atoms with Crippen LogP contribution in [-0.2, 0) is 4.74 Å². The lowest BCUT2D eigenvalue weighted by molar-refractivity contribution is -0.0315. The van der Waals surface area contributed by atoms with Crippen LogP contribution in [0.15, 0.2) is 18.5 Å². The van der Waals surface area contributed by atoms with Crippen LogP contribution in [0, 0.1) is 5.82 Å². The molecule has 2 aliphatic rings. The summed E-state index contributed by atoms with van der Waals surface area (Å²) >= 11 is 0. The second-order valence-electron chi connectivity index (χ2n) is 5.78. The predicted molar refractivity (Wildman–Crippen MR) is 74.7 cm³/mol. The van der Waals surface area contributed by atoms with E-state index in [0.717, 1.165) is 52.0 Å². The molecule has 1 aromatic heterocycles. The Kier molecular flexibility index (Phi) is 4.01. The normalized spacial score (nSPS) is 24.7. The van der Waals surface area contributed by atoms with Crippen molar-refractivity contribution in [2.75, 3.05) is 26.3 Å². The molecule has 1 saturated heterocycles. The number of halogens is 1. The van der Waals surface area contributed by atoms with E-state index in [4.69, 9.17) is 10.5 Å². The number of hydrogen-bond donors (Lipinski definition) is 1. The van der Waals surface area contributed by atoms with E-state index < -0.39 is 0 Å². The van der Waals surface area contributed by atoms with Crippen LogP contribution < -0.4 is 5.73 Å². The van der Waals surface area contributed by atoms with E-state index in [-0.39, 0.29) is 17.4 Å². The largest absolute Gasteiger partial charge is 0.379 e. The van der Waals surface area contributed by atoms with Crippen LogP contribution in [0.1, 0.15) is 37.3 Å². The molecule has 110 valence electrons. The van der Waals surface area contributed by atoms with Crippen molar-refractivity contribution in [1.82, 2.24) is 9.88 Å². The van der Waals surface area contributed by atoms with Crippen molar-refractivity contribution in [2.24, 2.45) is 5.73 Å². The van der Waals surface area contributed by atoms with Crippen LogP contribution in [0.4, 0.5) is 4.39 Å². The lowest BCUT2D eigenvalue weighted by Gasteiger charge is -2.47. The molecule has 0 aromatic carbocycles. The summed E-state index contributed by atoms with van der Waals surface area (Å²) in [5.41, 5.74) is 6.99. The minimum absolute atomic E-state index is 0.119. The van der Waals surface area contributed by atoms with Gasteiger partial charge in [0, 0.05) is 30.4 Å². The van der Waals surface area contributed by atoms with Crippen molar-refractivity contribution in [3.05, 3.63) is 29.8 Å². The van der Waals surface area contributed by atoms with Gasteiger partial charge in [-0.05, 0) is 18.9 Å². The molecule has 0 amide bonds. The molecule has 1 aliphatic heterocycles. The number of nitrogens with zero attached hydrogens (tertiary/aromatic N) is 2. The fraction of sp³-hybridized carbons (Fsp3) is 0.667. The molecular formula is C15H22FN3O. The Bertz CT molecular complexity index is 456. The molecule has 1 unspecified atom stereocenters. The highest BCUT2D eigenvalue weighted by molar-refractivity contribution is 5.23. The van der Waals surface area contributed by atoms with Gasteiger partial charge in [0.05, 0.1) is 25.5 Å². The van der Waals surface area contributed by atoms with Crippen LogP contribution >= 0.6 is 0 Å². The van der Waals surface area contributed by atoms with E-state index in [0.29, 0.717) is 5.56 Å². The van der Waals surface area contributed by atoms with Gasteiger partial charge in [-0.15, -0.1) is 0 Å². The highest BCUT2D eigenvalue weighted by Gasteiger charge is 2.46. The van der Waals surface area contributed by atoms with Gasteiger partial charge in [-0.3, -0.25) is 9.88 Å². The highest BCUT2D eigenvalue weighted by atomic mass is 19.1. The summed E-state index contributed by atoms with van der Waals surface area (Å²) in [5.74, 6) is -0.292. The Morgan fingerprint density at radius 2 is 2.00 bits per heavy atom. The van der Waals surface area contributed by atoms with E-state index in [1.807, 2.05) is 0 Å². The summed E-state index contributed by atoms with van der Waals surface area (Å²) in [6.45, 7) is 3.27. The molecule has 0 spiro atoms. The molecule has 1 aliphatic carbocycles. The summed E-state index contributed by atoms with van der Waals surface area (Å²) in [6, 6.07) is 1.42. The number of hydrogen-bond acceptors (Lipinski definition) is 4. The molecule has 1 atom stereocenters. The van der Waals surface area contributed by atoms with Crippen LogP contribution in [0.3, 0.4) is 0 Å². The average molecular weight is 279 g/mol. The standard InChI is InChI=1S/C15H22FN3O/c16-13-11-18-6-3-12(13)14(17)15(4-1-2-5-15)19-7-9-20-10-8-19/h3,6,11,14H,1-2,4-5,7-10,17H2. The third-order valence-corrected chi connectivity index (χ3v) is 4.83. The van der Waals surface area contributed by atoms with Crippen molar-refractivity contribution in [1.29, 1.82) is 0 Å². The van der Waals surface area contributed by atoms with E-state index >= 15 is 0 Å². The SMILES string of the molecule is NC(c1ccncc1F)C1(N2CCOCC2)CCCC1. The number of aromatic nitrogens is 1. The Hall–Kier alpha value is -1.04. The van der Waals surface area contributed by atoms with Crippen LogP contribution in [0.5, 0.6) is 0 Å². The molecule has 0 bridgehead atoms. The van der Waals surface area contributed by atoms with Crippen molar-refractivity contribution >= 4 is 0 Å². The van der Waals surface area contributed by atoms with Gasteiger partial charge in [-0.2, -0.15) is 0 Å². The molecule has 20 heavy (non-hydrogen) atoms. The van der Waals surface area contributed by atoms with E-state index in [9.17, 15) is 4.39 Å². The van der Waals surface area contributed by atoms with Crippen molar-refractivity contribution in [3.8, 4) is 0 Å². The first-order valence-corrected chi connectivity index (χ1v) is 7.42. The number of ether oxygens (including phenoxy) is 1. The van der Waals surface area contributed by atoms with Gasteiger partial charge in [-0.25, -0.2) is 4.39 Å². The Balaban J connectivity index is 1.91. The van der Waals surface area contributed by atoms with E-state index in [2.05, 4.69) is 9.88 Å². The highest BCUT2D eigenvalue weighted by Crippen LogP contribution is 2.44. The summed E-state index contributed by atoms with van der Waals surface area (Å²) in [5, 5.41) is 0. The zero-order valence-corrected chi connectivity index (χ0v) is 11.7. The average Bonchev–Trinajstić information content (AvgIpc) is 2.99. The maximum atomic E-state index is 14.0. The molecule has 4 nitrogen and oxygen atoms in total. The Labute approximate surface area is 119 Å². The first-order valence-electron chi connectivity index (χ1n) is 7.42. The number of pyridine rings is 1. The fourth-order valence-corrected chi connectivity index (χ4v) is 3.75. The van der Waals surface area contributed by atoms with Gasteiger partial charge in [-0.1, -0.05) is 12.8 Å². The molecule has 2 N–H and O–H groups in total.